The smallest absolute Gasteiger partial charge is 0.154 e. The van der Waals surface area contributed by atoms with Crippen molar-refractivity contribution in [1.29, 1.82) is 0 Å². The average molecular weight is 296 g/mol. The molecule has 20 heavy (non-hydrogen) atoms. The summed E-state index contributed by atoms with van der Waals surface area (Å²) in [5, 5.41) is 0.935. The molecule has 1 aromatic heterocycles. The van der Waals surface area contributed by atoms with Gasteiger partial charge in [0.25, 0.3) is 0 Å². The third-order valence-corrected chi connectivity index (χ3v) is 5.94. The van der Waals surface area contributed by atoms with Crippen molar-refractivity contribution >= 4 is 20.8 Å². The van der Waals surface area contributed by atoms with E-state index in [4.69, 9.17) is 10.3 Å². The number of rotatable bonds is 4. The summed E-state index contributed by atoms with van der Waals surface area (Å²) >= 11 is 0. The molecule has 2 rings (SSSR count). The van der Waals surface area contributed by atoms with E-state index in [2.05, 4.69) is 5.43 Å². The summed E-state index contributed by atoms with van der Waals surface area (Å²) in [7, 11) is -3.31. The highest BCUT2D eigenvalue weighted by molar-refractivity contribution is 7.92. The van der Waals surface area contributed by atoms with Crippen molar-refractivity contribution in [3.8, 4) is 0 Å². The lowest BCUT2D eigenvalue weighted by Gasteiger charge is -2.30. The van der Waals surface area contributed by atoms with Crippen LogP contribution >= 0.6 is 0 Å². The lowest BCUT2D eigenvalue weighted by Crippen LogP contribution is -2.47. The number of hydrazine groups is 1. The minimum atomic E-state index is -3.31. The standard InChI is InChI=1S/C14H20N2O3S/c1-9-5-6-11-10(7-9)8-12(19-11)13(16-15)14(2,3)20(4,17)18/h5-8,13,16H,15H2,1-4H3. The Kier molecular flexibility index (Phi) is 3.66. The van der Waals surface area contributed by atoms with Crippen LogP contribution in [0.4, 0.5) is 0 Å². The van der Waals surface area contributed by atoms with Gasteiger partial charge in [0.15, 0.2) is 9.84 Å². The van der Waals surface area contributed by atoms with E-state index in [1.807, 2.05) is 31.2 Å². The summed E-state index contributed by atoms with van der Waals surface area (Å²) in [4.78, 5) is 0. The Hall–Kier alpha value is -1.37. The number of fused-ring (bicyclic) bond motifs is 1. The van der Waals surface area contributed by atoms with Crippen LogP contribution in [0.5, 0.6) is 0 Å². The van der Waals surface area contributed by atoms with Crippen LogP contribution in [0.2, 0.25) is 0 Å². The summed E-state index contributed by atoms with van der Waals surface area (Å²) in [5.41, 5.74) is 4.40. The molecule has 0 bridgehead atoms. The molecule has 5 nitrogen and oxygen atoms in total. The van der Waals surface area contributed by atoms with Gasteiger partial charge in [-0.25, -0.2) is 13.8 Å². The highest BCUT2D eigenvalue weighted by Crippen LogP contribution is 2.34. The van der Waals surface area contributed by atoms with Crippen LogP contribution in [0.3, 0.4) is 0 Å². The van der Waals surface area contributed by atoms with E-state index >= 15 is 0 Å². The molecule has 0 aliphatic carbocycles. The van der Waals surface area contributed by atoms with Crippen molar-refractivity contribution in [2.45, 2.75) is 31.6 Å². The van der Waals surface area contributed by atoms with E-state index < -0.39 is 20.6 Å². The lowest BCUT2D eigenvalue weighted by atomic mass is 10.0. The maximum absolute atomic E-state index is 12.0. The molecular formula is C14H20N2O3S. The Morgan fingerprint density at radius 3 is 2.50 bits per heavy atom. The predicted molar refractivity (Wildman–Crippen MR) is 79.9 cm³/mol. The SMILES string of the molecule is Cc1ccc2oc(C(NN)C(C)(C)S(C)(=O)=O)cc2c1. The number of benzene rings is 1. The fourth-order valence-electron chi connectivity index (χ4n) is 2.17. The van der Waals surface area contributed by atoms with E-state index in [0.717, 1.165) is 16.5 Å². The highest BCUT2D eigenvalue weighted by Gasteiger charge is 2.41. The van der Waals surface area contributed by atoms with Crippen molar-refractivity contribution < 1.29 is 12.8 Å². The second-order valence-corrected chi connectivity index (χ2v) is 8.26. The zero-order chi connectivity index (χ0) is 15.1. The molecule has 0 fully saturated rings. The number of hydrogen-bond donors (Lipinski definition) is 2. The molecule has 0 saturated heterocycles. The minimum absolute atomic E-state index is 0.517. The fraction of sp³-hybridized carbons (Fsp3) is 0.429. The largest absolute Gasteiger partial charge is 0.459 e. The molecule has 6 heteroatoms. The number of aryl methyl sites for hydroxylation is 1. The number of sulfone groups is 1. The monoisotopic (exact) mass is 296 g/mol. The second kappa shape index (κ2) is 4.87. The van der Waals surface area contributed by atoms with E-state index in [-0.39, 0.29) is 0 Å². The van der Waals surface area contributed by atoms with Gasteiger partial charge in [-0.05, 0) is 39.0 Å². The van der Waals surface area contributed by atoms with Crippen LogP contribution in [0.15, 0.2) is 28.7 Å². The number of hydrogen-bond acceptors (Lipinski definition) is 5. The Bertz CT molecular complexity index is 732. The van der Waals surface area contributed by atoms with Gasteiger partial charge < -0.3 is 4.42 Å². The van der Waals surface area contributed by atoms with Crippen LogP contribution in [0.25, 0.3) is 11.0 Å². The molecule has 110 valence electrons. The number of nitrogens with two attached hydrogens (primary N) is 1. The van der Waals surface area contributed by atoms with Gasteiger partial charge in [0, 0.05) is 11.6 Å². The van der Waals surface area contributed by atoms with Gasteiger partial charge in [-0.2, -0.15) is 0 Å². The third-order valence-electron chi connectivity index (χ3n) is 3.79. The highest BCUT2D eigenvalue weighted by atomic mass is 32.2. The molecule has 1 unspecified atom stereocenters. The van der Waals surface area contributed by atoms with Crippen LogP contribution in [0.1, 0.15) is 31.2 Å². The Labute approximate surface area is 119 Å². The normalized spacial score (nSPS) is 14.7. The van der Waals surface area contributed by atoms with E-state index in [9.17, 15) is 8.42 Å². The van der Waals surface area contributed by atoms with E-state index in [1.165, 1.54) is 6.26 Å². The van der Waals surface area contributed by atoms with Crippen LogP contribution < -0.4 is 11.3 Å². The Morgan fingerprint density at radius 2 is 1.95 bits per heavy atom. The summed E-state index contributed by atoms with van der Waals surface area (Å²) in [6.07, 6.45) is 1.20. The fourth-order valence-corrected chi connectivity index (χ4v) is 2.78. The molecule has 0 amide bonds. The van der Waals surface area contributed by atoms with Gasteiger partial charge in [0.1, 0.15) is 11.3 Å². The van der Waals surface area contributed by atoms with Crippen molar-refractivity contribution in [1.82, 2.24) is 5.43 Å². The predicted octanol–water partition coefficient (Wildman–Crippen LogP) is 2.07. The molecule has 1 atom stereocenters. The van der Waals surface area contributed by atoms with Crippen molar-refractivity contribution in [2.24, 2.45) is 5.84 Å². The zero-order valence-corrected chi connectivity index (χ0v) is 12.9. The Morgan fingerprint density at radius 1 is 1.30 bits per heavy atom. The number of nitrogens with one attached hydrogen (secondary N) is 1. The molecule has 0 aliphatic rings. The first-order valence-electron chi connectivity index (χ1n) is 6.32. The first-order chi connectivity index (χ1) is 9.16. The zero-order valence-electron chi connectivity index (χ0n) is 12.1. The summed E-state index contributed by atoms with van der Waals surface area (Å²) in [5.74, 6) is 6.08. The minimum Gasteiger partial charge on any atom is -0.459 e. The molecule has 0 radical (unpaired) electrons. The van der Waals surface area contributed by atoms with Gasteiger partial charge >= 0.3 is 0 Å². The first-order valence-corrected chi connectivity index (χ1v) is 8.22. The second-order valence-electron chi connectivity index (χ2n) is 5.67. The van der Waals surface area contributed by atoms with Crippen molar-refractivity contribution in [3.63, 3.8) is 0 Å². The molecule has 3 N–H and O–H groups in total. The van der Waals surface area contributed by atoms with Gasteiger partial charge in [-0.3, -0.25) is 5.84 Å². The molecule has 1 heterocycles. The maximum Gasteiger partial charge on any atom is 0.154 e. The van der Waals surface area contributed by atoms with Crippen LogP contribution in [-0.2, 0) is 9.84 Å². The quantitative estimate of drug-likeness (QED) is 0.666. The average Bonchev–Trinajstić information content (AvgIpc) is 2.70. The van der Waals surface area contributed by atoms with Gasteiger partial charge in [0.2, 0.25) is 0 Å². The molecule has 1 aromatic carbocycles. The van der Waals surface area contributed by atoms with Crippen molar-refractivity contribution in [2.75, 3.05) is 6.26 Å². The Balaban J connectivity index is 2.55. The molecule has 2 aromatic rings. The van der Waals surface area contributed by atoms with Gasteiger partial charge in [-0.1, -0.05) is 11.6 Å². The molecule has 0 aliphatic heterocycles. The third kappa shape index (κ3) is 2.46. The topological polar surface area (TPSA) is 85.3 Å². The lowest BCUT2D eigenvalue weighted by molar-refractivity contribution is 0.366. The van der Waals surface area contributed by atoms with E-state index in [0.29, 0.717) is 5.76 Å². The van der Waals surface area contributed by atoms with Gasteiger partial charge in [-0.15, -0.1) is 0 Å². The van der Waals surface area contributed by atoms with E-state index in [1.54, 1.807) is 13.8 Å². The maximum atomic E-state index is 12.0. The molecular weight excluding hydrogens is 276 g/mol. The molecule has 0 spiro atoms. The number of furan rings is 1. The molecule has 0 saturated carbocycles. The van der Waals surface area contributed by atoms with Crippen LogP contribution in [-0.4, -0.2) is 19.4 Å². The summed E-state index contributed by atoms with van der Waals surface area (Å²) < 4.78 is 28.6. The first kappa shape index (κ1) is 15.0. The van der Waals surface area contributed by atoms with Crippen molar-refractivity contribution in [3.05, 3.63) is 35.6 Å². The summed E-state index contributed by atoms with van der Waals surface area (Å²) in [6, 6.07) is 7.02. The van der Waals surface area contributed by atoms with Gasteiger partial charge in [0.05, 0.1) is 10.8 Å². The summed E-state index contributed by atoms with van der Waals surface area (Å²) in [6.45, 7) is 5.25. The van der Waals surface area contributed by atoms with Crippen LogP contribution in [0, 0.1) is 6.92 Å².